The van der Waals surface area contributed by atoms with Gasteiger partial charge in [0.2, 0.25) is 0 Å². The van der Waals surface area contributed by atoms with Crippen LogP contribution in [-0.2, 0) is 0 Å². The lowest BCUT2D eigenvalue weighted by atomic mass is 10.0. The van der Waals surface area contributed by atoms with Crippen LogP contribution in [0.5, 0.6) is 0 Å². The van der Waals surface area contributed by atoms with Gasteiger partial charge in [-0.15, -0.1) is 0 Å². The highest BCUT2D eigenvalue weighted by Crippen LogP contribution is 2.42. The van der Waals surface area contributed by atoms with Crippen LogP contribution >= 0.6 is 0 Å². The molecule has 0 unspecified atom stereocenters. The molecule has 0 aliphatic rings. The minimum atomic E-state index is 0.925. The Balaban J connectivity index is 1.34. The molecule has 0 atom stereocenters. The van der Waals surface area contributed by atoms with E-state index in [1.54, 1.807) is 0 Å². The number of aryl methyl sites for hydroxylation is 1. The van der Waals surface area contributed by atoms with Gasteiger partial charge in [-0.3, -0.25) is 9.38 Å². The Kier molecular flexibility index (Phi) is 5.74. The van der Waals surface area contributed by atoms with Crippen molar-refractivity contribution in [3.8, 4) is 11.4 Å². The molecule has 11 rings (SSSR count). The molecule has 0 saturated heterocycles. The van der Waals surface area contributed by atoms with Crippen molar-refractivity contribution in [1.29, 1.82) is 0 Å². The van der Waals surface area contributed by atoms with Gasteiger partial charge in [0.05, 0.1) is 44.0 Å². The standard InChI is InChI=1S/C46H31N5/c1-3-12-38-28(2)32-24-25-36-33-16-7-9-18-39(33)50(45(36)44(32)49(38)30-14-5-4-6-15-30)31-21-23-34-35-22-20-29-13-11-26-47-43(29)42(35)46-48-37-17-8-10-19-40(37)51(46)41(34)27-31/h3-27H,1-2H3/b12-3-. The number of rotatable bonds is 3. The first-order chi connectivity index (χ1) is 25.2. The Bertz CT molecular complexity index is 3270. The van der Waals surface area contributed by atoms with Crippen LogP contribution < -0.4 is 0 Å². The third-order valence-corrected chi connectivity index (χ3v) is 10.7. The maximum atomic E-state index is 5.26. The molecule has 0 N–H and O–H groups in total. The highest BCUT2D eigenvalue weighted by atomic mass is 15.1. The van der Waals surface area contributed by atoms with Crippen molar-refractivity contribution in [3.05, 3.63) is 157 Å². The maximum absolute atomic E-state index is 5.26. The molecule has 0 saturated carbocycles. The summed E-state index contributed by atoms with van der Waals surface area (Å²) in [6.45, 7) is 4.34. The molecule has 0 bridgehead atoms. The SMILES string of the molecule is C/C=C\c1c(C)c2ccc3c4ccccc4n(-c4ccc5c6ccc7cccnc7c6c6nc7ccccc7n6c5c4)c3c2n1-c1ccccc1. The fourth-order valence-corrected chi connectivity index (χ4v) is 8.57. The van der Waals surface area contributed by atoms with E-state index in [0.717, 1.165) is 55.2 Å². The number of aromatic nitrogens is 5. The van der Waals surface area contributed by atoms with Crippen molar-refractivity contribution in [2.45, 2.75) is 13.8 Å². The van der Waals surface area contributed by atoms with Gasteiger partial charge in [0.1, 0.15) is 5.65 Å². The largest absolute Gasteiger partial charge is 0.308 e. The van der Waals surface area contributed by atoms with Crippen molar-refractivity contribution in [2.24, 2.45) is 0 Å². The topological polar surface area (TPSA) is 40.1 Å². The first kappa shape index (κ1) is 28.2. The van der Waals surface area contributed by atoms with Crippen LogP contribution in [0.4, 0.5) is 0 Å². The molecule has 51 heavy (non-hydrogen) atoms. The molecule has 5 nitrogen and oxygen atoms in total. The van der Waals surface area contributed by atoms with E-state index < -0.39 is 0 Å². The number of pyridine rings is 2. The van der Waals surface area contributed by atoms with Crippen LogP contribution in [-0.4, -0.2) is 23.5 Å². The minimum absolute atomic E-state index is 0.925. The Morgan fingerprint density at radius 1 is 0.569 bits per heavy atom. The molecule has 5 heteroatoms. The zero-order valence-corrected chi connectivity index (χ0v) is 28.2. The third kappa shape index (κ3) is 3.75. The number of benzene rings is 6. The molecule has 0 aliphatic carbocycles. The van der Waals surface area contributed by atoms with E-state index in [2.05, 4.69) is 167 Å². The van der Waals surface area contributed by atoms with E-state index in [1.165, 1.54) is 49.4 Å². The summed E-state index contributed by atoms with van der Waals surface area (Å²) in [6.07, 6.45) is 6.26. The molecule has 0 fully saturated rings. The summed E-state index contributed by atoms with van der Waals surface area (Å²) in [5.74, 6) is 0. The van der Waals surface area contributed by atoms with E-state index in [9.17, 15) is 0 Å². The van der Waals surface area contributed by atoms with Crippen molar-refractivity contribution in [2.75, 3.05) is 0 Å². The minimum Gasteiger partial charge on any atom is -0.308 e. The molecular formula is C46H31N5. The average Bonchev–Trinajstić information content (AvgIpc) is 3.83. The lowest BCUT2D eigenvalue weighted by molar-refractivity contribution is 1.09. The maximum Gasteiger partial charge on any atom is 0.148 e. The Labute approximate surface area is 292 Å². The van der Waals surface area contributed by atoms with Crippen LogP contribution in [0, 0.1) is 6.92 Å². The second-order valence-electron chi connectivity index (χ2n) is 13.4. The molecular weight excluding hydrogens is 623 g/mol. The monoisotopic (exact) mass is 653 g/mol. The summed E-state index contributed by atoms with van der Waals surface area (Å²) in [5, 5.41) is 8.22. The van der Waals surface area contributed by atoms with Gasteiger partial charge in [-0.25, -0.2) is 4.98 Å². The van der Waals surface area contributed by atoms with Crippen LogP contribution in [0.3, 0.4) is 0 Å². The summed E-state index contributed by atoms with van der Waals surface area (Å²) in [6, 6.07) is 48.1. The fourth-order valence-electron chi connectivity index (χ4n) is 8.57. The van der Waals surface area contributed by atoms with E-state index >= 15 is 0 Å². The summed E-state index contributed by atoms with van der Waals surface area (Å²) in [7, 11) is 0. The third-order valence-electron chi connectivity index (χ3n) is 10.7. The molecule has 5 heterocycles. The van der Waals surface area contributed by atoms with Crippen LogP contribution in [0.1, 0.15) is 18.2 Å². The number of imidazole rings is 1. The molecule has 0 spiro atoms. The molecule has 0 radical (unpaired) electrons. The predicted molar refractivity (Wildman–Crippen MR) is 214 cm³/mol. The van der Waals surface area contributed by atoms with E-state index in [1.807, 2.05) is 12.3 Å². The summed E-state index contributed by atoms with van der Waals surface area (Å²) in [5.41, 5.74) is 13.3. The lowest BCUT2D eigenvalue weighted by Crippen LogP contribution is -2.01. The Morgan fingerprint density at radius 2 is 1.29 bits per heavy atom. The lowest BCUT2D eigenvalue weighted by Gasteiger charge is -2.15. The first-order valence-corrected chi connectivity index (χ1v) is 17.5. The van der Waals surface area contributed by atoms with Gasteiger partial charge in [-0.2, -0.15) is 0 Å². The van der Waals surface area contributed by atoms with Gasteiger partial charge in [0.15, 0.2) is 0 Å². The first-order valence-electron chi connectivity index (χ1n) is 17.5. The fraction of sp³-hybridized carbons (Fsp3) is 0.0435. The van der Waals surface area contributed by atoms with Crippen LogP contribution in [0.15, 0.2) is 146 Å². The van der Waals surface area contributed by atoms with E-state index in [4.69, 9.17) is 9.97 Å². The second-order valence-corrected chi connectivity index (χ2v) is 13.4. The van der Waals surface area contributed by atoms with Gasteiger partial charge >= 0.3 is 0 Å². The van der Waals surface area contributed by atoms with Gasteiger partial charge in [-0.1, -0.05) is 91.0 Å². The number of para-hydroxylation sites is 4. The summed E-state index contributed by atoms with van der Waals surface area (Å²) >= 11 is 0. The number of fused-ring (bicyclic) bond motifs is 15. The number of hydrogen-bond donors (Lipinski definition) is 0. The molecule has 240 valence electrons. The van der Waals surface area contributed by atoms with Crippen molar-refractivity contribution < 1.29 is 0 Å². The number of hydrogen-bond acceptors (Lipinski definition) is 2. The van der Waals surface area contributed by atoms with Crippen LogP contribution in [0.25, 0.3) is 99.4 Å². The van der Waals surface area contributed by atoms with E-state index in [0.29, 0.717) is 0 Å². The highest BCUT2D eigenvalue weighted by molar-refractivity contribution is 6.23. The Hall–Kier alpha value is -6.72. The predicted octanol–water partition coefficient (Wildman–Crippen LogP) is 11.7. The molecule has 6 aromatic carbocycles. The number of nitrogens with zero attached hydrogens (tertiary/aromatic N) is 5. The molecule has 0 aliphatic heterocycles. The zero-order chi connectivity index (χ0) is 33.8. The van der Waals surface area contributed by atoms with Crippen molar-refractivity contribution in [1.82, 2.24) is 23.5 Å². The Morgan fingerprint density at radius 3 is 2.18 bits per heavy atom. The van der Waals surface area contributed by atoms with Gasteiger partial charge in [0.25, 0.3) is 0 Å². The quantitative estimate of drug-likeness (QED) is 0.178. The molecule has 11 aromatic rings. The average molecular weight is 654 g/mol. The smallest absolute Gasteiger partial charge is 0.148 e. The molecule has 0 amide bonds. The number of allylic oxidation sites excluding steroid dienone is 1. The highest BCUT2D eigenvalue weighted by Gasteiger charge is 2.23. The van der Waals surface area contributed by atoms with E-state index in [-0.39, 0.29) is 0 Å². The second kappa shape index (κ2) is 10.4. The summed E-state index contributed by atoms with van der Waals surface area (Å²) in [4.78, 5) is 10.1. The van der Waals surface area contributed by atoms with Gasteiger partial charge in [-0.05, 0) is 79.4 Å². The normalized spacial score (nSPS) is 12.4. The summed E-state index contributed by atoms with van der Waals surface area (Å²) < 4.78 is 7.26. The zero-order valence-electron chi connectivity index (χ0n) is 28.2. The van der Waals surface area contributed by atoms with Crippen molar-refractivity contribution in [3.63, 3.8) is 0 Å². The van der Waals surface area contributed by atoms with Crippen molar-refractivity contribution >= 4 is 88.0 Å². The van der Waals surface area contributed by atoms with Gasteiger partial charge in [0, 0.05) is 50.2 Å². The molecule has 5 aromatic heterocycles. The van der Waals surface area contributed by atoms with Crippen LogP contribution in [0.2, 0.25) is 0 Å². The van der Waals surface area contributed by atoms with Gasteiger partial charge < -0.3 is 9.13 Å².